The van der Waals surface area contributed by atoms with Crippen LogP contribution in [0.15, 0.2) is 39.8 Å². The van der Waals surface area contributed by atoms with Gasteiger partial charge in [-0.3, -0.25) is 15.0 Å². The first kappa shape index (κ1) is 13.2. The average molecular weight is 327 g/mol. The first-order valence-corrected chi connectivity index (χ1v) is 7.12. The maximum atomic E-state index is 11.7. The molecule has 0 saturated carbocycles. The lowest BCUT2D eigenvalue weighted by atomic mass is 10.2. The van der Waals surface area contributed by atoms with E-state index in [-0.39, 0.29) is 11.7 Å². The van der Waals surface area contributed by atoms with Gasteiger partial charge in [0.15, 0.2) is 5.78 Å². The van der Waals surface area contributed by atoms with Gasteiger partial charge in [-0.1, -0.05) is 15.9 Å². The van der Waals surface area contributed by atoms with Gasteiger partial charge in [-0.2, -0.15) is 0 Å². The molecule has 2 N–H and O–H groups in total. The smallest absolute Gasteiger partial charge is 0.269 e. The first-order chi connectivity index (χ1) is 8.66. The Morgan fingerprint density at radius 3 is 2.67 bits per heavy atom. The number of hydrogen-bond donors (Lipinski definition) is 2. The van der Waals surface area contributed by atoms with Crippen LogP contribution in [0, 0.1) is 0 Å². The highest BCUT2D eigenvalue weighted by molar-refractivity contribution is 9.10. The van der Waals surface area contributed by atoms with Crippen LogP contribution < -0.4 is 10.9 Å². The second-order valence-corrected chi connectivity index (χ2v) is 5.69. The van der Waals surface area contributed by atoms with Crippen LogP contribution in [-0.2, 0) is 4.79 Å². The van der Waals surface area contributed by atoms with Gasteiger partial charge in [0.2, 0.25) is 0 Å². The zero-order chi connectivity index (χ0) is 13.0. The minimum Gasteiger partial charge on any atom is -0.304 e. The van der Waals surface area contributed by atoms with Crippen molar-refractivity contribution in [2.24, 2.45) is 0 Å². The fourth-order valence-corrected chi connectivity index (χ4v) is 2.60. The molecule has 0 radical (unpaired) electrons. The number of carbonyl (C=O) groups excluding carboxylic acids is 2. The van der Waals surface area contributed by atoms with Gasteiger partial charge in [-0.05, 0) is 24.3 Å². The molecule has 6 heteroatoms. The Balaban J connectivity index is 1.89. The molecule has 0 spiro atoms. The molecule has 4 nitrogen and oxygen atoms in total. The van der Waals surface area contributed by atoms with Crippen molar-refractivity contribution in [2.45, 2.75) is 6.42 Å². The Labute approximate surface area is 117 Å². The quantitative estimate of drug-likeness (QED) is 0.660. The van der Waals surface area contributed by atoms with Crippen LogP contribution in [0.3, 0.4) is 0 Å². The summed E-state index contributed by atoms with van der Waals surface area (Å²) < 4.78 is 0.919. The summed E-state index contributed by atoms with van der Waals surface area (Å²) in [5.41, 5.74) is 5.73. The number of halogens is 1. The van der Waals surface area contributed by atoms with Crippen LogP contribution >= 0.6 is 27.7 Å². The van der Waals surface area contributed by atoms with Gasteiger partial charge in [-0.15, -0.1) is 11.8 Å². The van der Waals surface area contributed by atoms with E-state index in [1.807, 2.05) is 0 Å². The second kappa shape index (κ2) is 6.06. The van der Waals surface area contributed by atoms with Crippen LogP contribution in [0.4, 0.5) is 0 Å². The zero-order valence-electron chi connectivity index (χ0n) is 9.40. The molecular weight excluding hydrogens is 316 g/mol. The summed E-state index contributed by atoms with van der Waals surface area (Å²) in [7, 11) is 0. The lowest BCUT2D eigenvalue weighted by Crippen LogP contribution is -2.33. The van der Waals surface area contributed by atoms with Crippen LogP contribution in [-0.4, -0.2) is 17.4 Å². The van der Waals surface area contributed by atoms with Gasteiger partial charge in [0.1, 0.15) is 0 Å². The van der Waals surface area contributed by atoms with Crippen molar-refractivity contribution < 1.29 is 9.59 Å². The van der Waals surface area contributed by atoms with Crippen molar-refractivity contribution in [3.8, 4) is 0 Å². The summed E-state index contributed by atoms with van der Waals surface area (Å²) in [6, 6.07) is 7.01. The van der Waals surface area contributed by atoms with E-state index in [9.17, 15) is 9.59 Å². The molecule has 0 unspecified atom stereocenters. The molecule has 0 bridgehead atoms. The number of hydrogen-bond acceptors (Lipinski definition) is 4. The van der Waals surface area contributed by atoms with E-state index in [1.165, 1.54) is 18.0 Å². The third kappa shape index (κ3) is 3.36. The average Bonchev–Trinajstić information content (AvgIpc) is 2.76. The van der Waals surface area contributed by atoms with Gasteiger partial charge in [0.05, 0.1) is 4.91 Å². The topological polar surface area (TPSA) is 58.2 Å². The summed E-state index contributed by atoms with van der Waals surface area (Å²) in [5, 5.41) is 0. The van der Waals surface area contributed by atoms with Crippen molar-refractivity contribution in [3.05, 3.63) is 45.4 Å². The van der Waals surface area contributed by atoms with E-state index in [1.54, 1.807) is 24.3 Å². The van der Waals surface area contributed by atoms with E-state index >= 15 is 0 Å². The molecule has 1 amide bonds. The number of benzene rings is 1. The van der Waals surface area contributed by atoms with Gasteiger partial charge in [-0.25, -0.2) is 0 Å². The molecule has 2 rings (SSSR count). The molecule has 1 aromatic carbocycles. The Morgan fingerprint density at radius 2 is 2.06 bits per heavy atom. The molecular formula is C12H11BrN2O2S. The summed E-state index contributed by atoms with van der Waals surface area (Å²) in [6.45, 7) is 0. The number of amides is 1. The Hall–Kier alpha value is -1.27. The van der Waals surface area contributed by atoms with Gasteiger partial charge >= 0.3 is 0 Å². The number of nitrogens with one attached hydrogen (secondary N) is 2. The van der Waals surface area contributed by atoms with Crippen molar-refractivity contribution in [1.29, 1.82) is 0 Å². The third-order valence-corrected chi connectivity index (χ3v) is 3.95. The molecule has 1 saturated heterocycles. The zero-order valence-corrected chi connectivity index (χ0v) is 11.8. The summed E-state index contributed by atoms with van der Waals surface area (Å²) >= 11 is 4.79. The largest absolute Gasteiger partial charge is 0.304 e. The molecule has 0 aromatic heterocycles. The minimum absolute atomic E-state index is 0.116. The number of carbonyl (C=O) groups is 2. The highest BCUT2D eigenvalue weighted by Gasteiger charge is 2.17. The van der Waals surface area contributed by atoms with E-state index in [0.29, 0.717) is 16.9 Å². The number of thioether (sulfide) groups is 1. The molecule has 94 valence electrons. The summed E-state index contributed by atoms with van der Waals surface area (Å²) in [5.74, 6) is 0.688. The number of allylic oxidation sites excluding steroid dienone is 1. The summed E-state index contributed by atoms with van der Waals surface area (Å²) in [6.07, 6.45) is 2.11. The lowest BCUT2D eigenvalue weighted by molar-refractivity contribution is -0.114. The molecule has 1 fully saturated rings. The monoisotopic (exact) mass is 326 g/mol. The molecule has 0 atom stereocenters. The van der Waals surface area contributed by atoms with E-state index in [2.05, 4.69) is 26.8 Å². The number of ketones is 1. The van der Waals surface area contributed by atoms with E-state index in [0.717, 1.165) is 10.2 Å². The molecule has 0 aliphatic carbocycles. The van der Waals surface area contributed by atoms with Crippen molar-refractivity contribution in [1.82, 2.24) is 10.9 Å². The maximum Gasteiger partial charge on any atom is 0.269 e. The Morgan fingerprint density at radius 1 is 1.33 bits per heavy atom. The van der Waals surface area contributed by atoms with Crippen LogP contribution in [0.1, 0.15) is 16.8 Å². The van der Waals surface area contributed by atoms with Crippen LogP contribution in [0.2, 0.25) is 0 Å². The normalized spacial score (nSPS) is 16.9. The van der Waals surface area contributed by atoms with Crippen LogP contribution in [0.25, 0.3) is 0 Å². The van der Waals surface area contributed by atoms with Crippen molar-refractivity contribution in [3.63, 3.8) is 0 Å². The molecule has 1 aliphatic heterocycles. The number of rotatable bonds is 3. The number of hydrazine groups is 1. The first-order valence-electron chi connectivity index (χ1n) is 5.34. The summed E-state index contributed by atoms with van der Waals surface area (Å²) in [4.78, 5) is 23.7. The fraction of sp³-hybridized carbons (Fsp3) is 0.167. The minimum atomic E-state index is -0.241. The standard InChI is InChI=1S/C12H11BrN2O2S/c13-9-3-1-8(2-4-9)12(17)15-14-7-11-10(16)5-6-18-11/h1-4,7,14H,5-6H2,(H,15,17)/b11-7-. The third-order valence-electron chi connectivity index (χ3n) is 2.36. The molecule has 1 heterocycles. The van der Waals surface area contributed by atoms with Gasteiger partial charge in [0, 0.05) is 28.4 Å². The Kier molecular flexibility index (Phi) is 4.43. The number of Topliss-reactive ketones (excluding diaryl/α,β-unsaturated/α-hetero) is 1. The predicted molar refractivity (Wildman–Crippen MR) is 74.9 cm³/mol. The maximum absolute atomic E-state index is 11.7. The van der Waals surface area contributed by atoms with Crippen LogP contribution in [0.5, 0.6) is 0 Å². The van der Waals surface area contributed by atoms with E-state index in [4.69, 9.17) is 0 Å². The van der Waals surface area contributed by atoms with Crippen molar-refractivity contribution in [2.75, 3.05) is 5.75 Å². The van der Waals surface area contributed by atoms with E-state index < -0.39 is 0 Å². The second-order valence-electron chi connectivity index (χ2n) is 3.64. The van der Waals surface area contributed by atoms with Crippen molar-refractivity contribution >= 4 is 39.4 Å². The molecule has 18 heavy (non-hydrogen) atoms. The molecule has 1 aliphatic rings. The SMILES string of the molecule is O=C1CCS/C1=C\NNC(=O)c1ccc(Br)cc1. The molecule has 1 aromatic rings. The fourth-order valence-electron chi connectivity index (χ4n) is 1.42. The van der Waals surface area contributed by atoms with Gasteiger partial charge < -0.3 is 5.43 Å². The van der Waals surface area contributed by atoms with Gasteiger partial charge in [0.25, 0.3) is 5.91 Å². The highest BCUT2D eigenvalue weighted by atomic mass is 79.9. The lowest BCUT2D eigenvalue weighted by Gasteiger charge is -2.05. The Bertz CT molecular complexity index is 499. The predicted octanol–water partition coefficient (Wildman–Crippen LogP) is 2.23. The highest BCUT2D eigenvalue weighted by Crippen LogP contribution is 2.25.